The van der Waals surface area contributed by atoms with Crippen molar-refractivity contribution in [2.24, 2.45) is 17.6 Å². The molecule has 2 N–H and O–H groups in total. The van der Waals surface area contributed by atoms with Gasteiger partial charge in [0, 0.05) is 11.6 Å². The standard InChI is InChI=1S/C15H26BNO2/c1-10(2)12-9-11(7-8-13(12)17)16-18-14(3,4)15(5,6)19-16/h7-8,10,12H,9,17H2,1-6H3. The maximum atomic E-state index is 6.11. The summed E-state index contributed by atoms with van der Waals surface area (Å²) >= 11 is 0. The van der Waals surface area contributed by atoms with Crippen LogP contribution in [0, 0.1) is 11.8 Å². The summed E-state index contributed by atoms with van der Waals surface area (Å²) in [7, 11) is -0.240. The zero-order valence-electron chi connectivity index (χ0n) is 13.0. The quantitative estimate of drug-likeness (QED) is 0.779. The van der Waals surface area contributed by atoms with Crippen LogP contribution in [0.1, 0.15) is 48.0 Å². The largest absolute Gasteiger partial charge is 0.490 e. The van der Waals surface area contributed by atoms with Crippen LogP contribution in [0.2, 0.25) is 0 Å². The van der Waals surface area contributed by atoms with E-state index in [1.54, 1.807) is 0 Å². The second kappa shape index (κ2) is 4.67. The van der Waals surface area contributed by atoms with E-state index >= 15 is 0 Å². The summed E-state index contributed by atoms with van der Waals surface area (Å²) in [5.74, 6) is 0.918. The molecule has 3 nitrogen and oxygen atoms in total. The van der Waals surface area contributed by atoms with Gasteiger partial charge in [0.05, 0.1) is 11.2 Å². The Kier molecular flexibility index (Phi) is 3.61. The molecule has 0 aromatic rings. The van der Waals surface area contributed by atoms with E-state index < -0.39 is 0 Å². The van der Waals surface area contributed by atoms with Crippen LogP contribution in [0.5, 0.6) is 0 Å². The van der Waals surface area contributed by atoms with Gasteiger partial charge >= 0.3 is 7.12 Å². The molecule has 1 fully saturated rings. The first-order chi connectivity index (χ1) is 8.64. The Morgan fingerprint density at radius 1 is 1.16 bits per heavy atom. The molecule has 0 aromatic heterocycles. The third-order valence-electron chi connectivity index (χ3n) is 4.73. The molecule has 1 saturated heterocycles. The van der Waals surface area contributed by atoms with Crippen LogP contribution < -0.4 is 5.73 Å². The molecular weight excluding hydrogens is 237 g/mol. The highest BCUT2D eigenvalue weighted by molar-refractivity contribution is 6.54. The summed E-state index contributed by atoms with van der Waals surface area (Å²) < 4.78 is 12.2. The van der Waals surface area contributed by atoms with E-state index in [-0.39, 0.29) is 18.3 Å². The highest BCUT2D eigenvalue weighted by Gasteiger charge is 2.52. The van der Waals surface area contributed by atoms with Gasteiger partial charge in [0.25, 0.3) is 0 Å². The number of allylic oxidation sites excluding steroid dienone is 4. The molecule has 4 heteroatoms. The van der Waals surface area contributed by atoms with E-state index in [4.69, 9.17) is 15.0 Å². The van der Waals surface area contributed by atoms with E-state index in [1.807, 2.05) is 6.08 Å². The Morgan fingerprint density at radius 2 is 1.68 bits per heavy atom. The normalized spacial score (nSPS) is 29.4. The molecule has 2 rings (SSSR count). The van der Waals surface area contributed by atoms with Gasteiger partial charge in [-0.05, 0) is 51.6 Å². The monoisotopic (exact) mass is 263 g/mol. The lowest BCUT2D eigenvalue weighted by atomic mass is 9.69. The van der Waals surface area contributed by atoms with Gasteiger partial charge in [-0.1, -0.05) is 19.9 Å². The maximum absolute atomic E-state index is 6.11. The fraction of sp³-hybridized carbons (Fsp3) is 0.733. The molecule has 0 aromatic carbocycles. The summed E-state index contributed by atoms with van der Waals surface area (Å²) in [5, 5.41) is 0. The lowest BCUT2D eigenvalue weighted by Crippen LogP contribution is -2.41. The summed E-state index contributed by atoms with van der Waals surface area (Å²) in [4.78, 5) is 0. The van der Waals surface area contributed by atoms with Crippen LogP contribution in [0.3, 0.4) is 0 Å². The van der Waals surface area contributed by atoms with Gasteiger partial charge in [0.1, 0.15) is 0 Å². The Labute approximate surface area is 117 Å². The number of hydrogen-bond acceptors (Lipinski definition) is 3. The van der Waals surface area contributed by atoms with Crippen molar-refractivity contribution in [3.05, 3.63) is 23.3 Å². The first kappa shape index (κ1) is 14.7. The average molecular weight is 263 g/mol. The van der Waals surface area contributed by atoms with Crippen LogP contribution in [-0.4, -0.2) is 18.3 Å². The van der Waals surface area contributed by atoms with Gasteiger partial charge < -0.3 is 15.0 Å². The van der Waals surface area contributed by atoms with Crippen molar-refractivity contribution < 1.29 is 9.31 Å². The van der Waals surface area contributed by atoms with Crippen LogP contribution in [0.25, 0.3) is 0 Å². The van der Waals surface area contributed by atoms with Gasteiger partial charge in [-0.3, -0.25) is 0 Å². The minimum Gasteiger partial charge on any atom is -0.402 e. The minimum atomic E-state index is -0.279. The van der Waals surface area contributed by atoms with Crippen molar-refractivity contribution in [1.82, 2.24) is 0 Å². The molecule has 2 aliphatic rings. The van der Waals surface area contributed by atoms with Crippen molar-refractivity contribution in [1.29, 1.82) is 0 Å². The molecule has 0 amide bonds. The highest BCUT2D eigenvalue weighted by atomic mass is 16.7. The molecule has 1 unspecified atom stereocenters. The first-order valence-electron chi connectivity index (χ1n) is 7.16. The Balaban J connectivity index is 2.17. The smallest absolute Gasteiger partial charge is 0.402 e. The van der Waals surface area contributed by atoms with Crippen LogP contribution >= 0.6 is 0 Å². The second-order valence-electron chi connectivity index (χ2n) is 7.05. The van der Waals surface area contributed by atoms with Gasteiger partial charge in [-0.15, -0.1) is 0 Å². The van der Waals surface area contributed by atoms with Crippen LogP contribution in [0.15, 0.2) is 23.3 Å². The van der Waals surface area contributed by atoms with E-state index in [0.717, 1.165) is 12.1 Å². The number of rotatable bonds is 2. The van der Waals surface area contributed by atoms with E-state index in [2.05, 4.69) is 47.6 Å². The van der Waals surface area contributed by atoms with Gasteiger partial charge in [0.15, 0.2) is 0 Å². The molecule has 1 heterocycles. The first-order valence-corrected chi connectivity index (χ1v) is 7.16. The third-order valence-corrected chi connectivity index (χ3v) is 4.73. The molecule has 1 aliphatic carbocycles. The molecule has 1 aliphatic heterocycles. The molecule has 106 valence electrons. The zero-order valence-corrected chi connectivity index (χ0v) is 13.0. The molecule has 0 saturated carbocycles. The second-order valence-corrected chi connectivity index (χ2v) is 7.05. The fourth-order valence-electron chi connectivity index (χ4n) is 2.56. The van der Waals surface area contributed by atoms with Gasteiger partial charge in [0.2, 0.25) is 0 Å². The SMILES string of the molecule is CC(C)C1CC(B2OC(C)(C)C(C)(C)O2)=CC=C1N. The van der Waals surface area contributed by atoms with Gasteiger partial charge in [-0.2, -0.15) is 0 Å². The lowest BCUT2D eigenvalue weighted by molar-refractivity contribution is 0.00578. The molecule has 0 spiro atoms. The van der Waals surface area contributed by atoms with Crippen molar-refractivity contribution >= 4 is 7.12 Å². The Bertz CT molecular complexity index is 408. The molecule has 1 atom stereocenters. The summed E-state index contributed by atoms with van der Waals surface area (Å²) in [6.45, 7) is 12.7. The average Bonchev–Trinajstić information content (AvgIpc) is 2.48. The van der Waals surface area contributed by atoms with Gasteiger partial charge in [-0.25, -0.2) is 0 Å². The summed E-state index contributed by atoms with van der Waals surface area (Å²) in [5.41, 5.74) is 7.69. The fourth-order valence-corrected chi connectivity index (χ4v) is 2.56. The zero-order chi connectivity index (χ0) is 14.4. The molecule has 19 heavy (non-hydrogen) atoms. The predicted octanol–water partition coefficient (Wildman–Crippen LogP) is 3.06. The van der Waals surface area contributed by atoms with Crippen LogP contribution in [0.4, 0.5) is 0 Å². The lowest BCUT2D eigenvalue weighted by Gasteiger charge is -2.32. The maximum Gasteiger partial charge on any atom is 0.490 e. The van der Waals surface area contributed by atoms with E-state index in [9.17, 15) is 0 Å². The number of hydrogen-bond donors (Lipinski definition) is 1. The predicted molar refractivity (Wildman–Crippen MR) is 79.4 cm³/mol. The van der Waals surface area contributed by atoms with E-state index in [0.29, 0.717) is 11.8 Å². The molecular formula is C15H26BNO2. The van der Waals surface area contributed by atoms with E-state index in [1.165, 1.54) is 5.47 Å². The summed E-state index contributed by atoms with van der Waals surface area (Å²) in [6.07, 6.45) is 5.00. The van der Waals surface area contributed by atoms with Crippen molar-refractivity contribution in [2.75, 3.05) is 0 Å². The Morgan fingerprint density at radius 3 is 2.16 bits per heavy atom. The van der Waals surface area contributed by atoms with Crippen molar-refractivity contribution in [3.63, 3.8) is 0 Å². The third kappa shape index (κ3) is 2.61. The molecule has 0 bridgehead atoms. The van der Waals surface area contributed by atoms with Crippen LogP contribution in [-0.2, 0) is 9.31 Å². The van der Waals surface area contributed by atoms with Crippen molar-refractivity contribution in [3.8, 4) is 0 Å². The minimum absolute atomic E-state index is 0.240. The summed E-state index contributed by atoms with van der Waals surface area (Å²) in [6, 6.07) is 0. The highest BCUT2D eigenvalue weighted by Crippen LogP contribution is 2.41. The molecule has 0 radical (unpaired) electrons. The van der Waals surface area contributed by atoms with Crippen molar-refractivity contribution in [2.45, 2.75) is 59.2 Å². The topological polar surface area (TPSA) is 44.5 Å². The Hall–Kier alpha value is -0.735. The number of nitrogens with two attached hydrogens (primary N) is 1.